The minimum Gasteiger partial charge on any atom is -0.312 e. The molecule has 0 unspecified atom stereocenters. The molecule has 0 atom stereocenters. The Bertz CT molecular complexity index is 462. The van der Waals surface area contributed by atoms with Crippen LogP contribution in [0.2, 0.25) is 5.02 Å². The number of hydrogen-bond donors (Lipinski definition) is 1. The quantitative estimate of drug-likeness (QED) is 0.844. The normalized spacial score (nSPS) is 11.7. The fraction of sp³-hybridized carbons (Fsp3) is 0.400. The van der Waals surface area contributed by atoms with E-state index in [4.69, 9.17) is 11.6 Å². The Morgan fingerprint density at radius 3 is 2.69 bits per heavy atom. The van der Waals surface area contributed by atoms with Crippen LogP contribution < -0.4 is 5.32 Å². The standard InChI is InChI=1S/C10H13BrClNO2S/c1-16(14,15)5-4-13-7-8-2-3-9(11)6-10(8)12/h2-3,6,13H,4-5,7H2,1H3. The summed E-state index contributed by atoms with van der Waals surface area (Å²) in [4.78, 5) is 0. The zero-order valence-corrected chi connectivity index (χ0v) is 12.0. The second kappa shape index (κ2) is 6.00. The molecule has 0 spiro atoms. The summed E-state index contributed by atoms with van der Waals surface area (Å²) in [5, 5.41) is 3.71. The fourth-order valence-corrected chi connectivity index (χ4v) is 2.40. The number of hydrogen-bond acceptors (Lipinski definition) is 3. The number of benzene rings is 1. The molecule has 0 aliphatic carbocycles. The van der Waals surface area contributed by atoms with Gasteiger partial charge in [-0.1, -0.05) is 33.6 Å². The second-order valence-electron chi connectivity index (χ2n) is 3.54. The molecule has 90 valence electrons. The molecule has 0 heterocycles. The maximum absolute atomic E-state index is 10.9. The molecule has 0 bridgehead atoms. The molecule has 0 aliphatic heterocycles. The first-order valence-electron chi connectivity index (χ1n) is 4.71. The van der Waals surface area contributed by atoms with Crippen LogP contribution in [0.5, 0.6) is 0 Å². The van der Waals surface area contributed by atoms with Gasteiger partial charge in [-0.15, -0.1) is 0 Å². The van der Waals surface area contributed by atoms with Gasteiger partial charge in [-0.3, -0.25) is 0 Å². The average molecular weight is 327 g/mol. The van der Waals surface area contributed by atoms with Gasteiger partial charge in [0.05, 0.1) is 5.75 Å². The Morgan fingerprint density at radius 1 is 1.44 bits per heavy atom. The van der Waals surface area contributed by atoms with Crippen LogP contribution in [0.25, 0.3) is 0 Å². The molecule has 0 aromatic heterocycles. The Labute approximate surface area is 109 Å². The van der Waals surface area contributed by atoms with Gasteiger partial charge in [0.25, 0.3) is 0 Å². The van der Waals surface area contributed by atoms with Gasteiger partial charge in [0.1, 0.15) is 9.84 Å². The Kier molecular flexibility index (Phi) is 5.24. The highest BCUT2D eigenvalue weighted by atomic mass is 79.9. The van der Waals surface area contributed by atoms with Gasteiger partial charge in [-0.05, 0) is 17.7 Å². The summed E-state index contributed by atoms with van der Waals surface area (Å²) in [6.45, 7) is 1.01. The van der Waals surface area contributed by atoms with E-state index in [2.05, 4.69) is 21.2 Å². The van der Waals surface area contributed by atoms with E-state index in [9.17, 15) is 8.42 Å². The molecule has 0 amide bonds. The van der Waals surface area contributed by atoms with Crippen LogP contribution in [0.4, 0.5) is 0 Å². The summed E-state index contributed by atoms with van der Waals surface area (Å²) in [5.41, 5.74) is 0.957. The molecule has 1 rings (SSSR count). The van der Waals surface area contributed by atoms with Gasteiger partial charge in [0, 0.05) is 28.8 Å². The fourth-order valence-electron chi connectivity index (χ4n) is 1.15. The molecule has 0 fully saturated rings. The maximum Gasteiger partial charge on any atom is 0.148 e. The third-order valence-electron chi connectivity index (χ3n) is 1.98. The molecule has 6 heteroatoms. The van der Waals surface area contributed by atoms with Crippen molar-refractivity contribution < 1.29 is 8.42 Å². The minimum atomic E-state index is -2.90. The molecule has 0 radical (unpaired) electrons. The Balaban J connectivity index is 2.43. The van der Waals surface area contributed by atoms with Crippen molar-refractivity contribution in [3.05, 3.63) is 33.3 Å². The second-order valence-corrected chi connectivity index (χ2v) is 7.13. The van der Waals surface area contributed by atoms with Gasteiger partial charge < -0.3 is 5.32 Å². The summed E-state index contributed by atoms with van der Waals surface area (Å²) in [6.07, 6.45) is 1.22. The van der Waals surface area contributed by atoms with Crippen molar-refractivity contribution in [1.29, 1.82) is 0 Å². The molecule has 16 heavy (non-hydrogen) atoms. The molecular formula is C10H13BrClNO2S. The van der Waals surface area contributed by atoms with Crippen LogP contribution in [0, 0.1) is 0 Å². The van der Waals surface area contributed by atoms with Crippen LogP contribution in [0.1, 0.15) is 5.56 Å². The Hall–Kier alpha value is -0.100. The smallest absolute Gasteiger partial charge is 0.148 e. The molecule has 1 aromatic rings. The molecule has 1 N–H and O–H groups in total. The predicted molar refractivity (Wildman–Crippen MR) is 70.6 cm³/mol. The van der Waals surface area contributed by atoms with Crippen LogP contribution in [-0.2, 0) is 16.4 Å². The van der Waals surface area contributed by atoms with Gasteiger partial charge in [0.15, 0.2) is 0 Å². The molecule has 3 nitrogen and oxygen atoms in total. The summed E-state index contributed by atoms with van der Waals surface area (Å²) >= 11 is 9.33. The van der Waals surface area contributed by atoms with Crippen molar-refractivity contribution in [3.63, 3.8) is 0 Å². The van der Waals surface area contributed by atoms with E-state index >= 15 is 0 Å². The lowest BCUT2D eigenvalue weighted by Crippen LogP contribution is -2.22. The largest absolute Gasteiger partial charge is 0.312 e. The highest BCUT2D eigenvalue weighted by molar-refractivity contribution is 9.10. The zero-order valence-electron chi connectivity index (χ0n) is 8.83. The van der Waals surface area contributed by atoms with Crippen LogP contribution in [0.15, 0.2) is 22.7 Å². The van der Waals surface area contributed by atoms with Gasteiger partial charge in [0.2, 0.25) is 0 Å². The third-order valence-corrected chi connectivity index (χ3v) is 3.77. The summed E-state index contributed by atoms with van der Waals surface area (Å²) in [5.74, 6) is 0.140. The third kappa shape index (κ3) is 5.30. The van der Waals surface area contributed by atoms with Crippen molar-refractivity contribution in [1.82, 2.24) is 5.32 Å². The van der Waals surface area contributed by atoms with Crippen molar-refractivity contribution in [3.8, 4) is 0 Å². The topological polar surface area (TPSA) is 46.2 Å². The van der Waals surface area contributed by atoms with E-state index in [-0.39, 0.29) is 5.75 Å². The van der Waals surface area contributed by atoms with Crippen molar-refractivity contribution in [2.45, 2.75) is 6.54 Å². The monoisotopic (exact) mass is 325 g/mol. The average Bonchev–Trinajstić information content (AvgIpc) is 2.13. The molecule has 0 saturated heterocycles. The lowest BCUT2D eigenvalue weighted by Gasteiger charge is -2.06. The number of sulfone groups is 1. The summed E-state index contributed by atoms with van der Waals surface area (Å²) in [7, 11) is -2.90. The Morgan fingerprint density at radius 2 is 2.12 bits per heavy atom. The predicted octanol–water partition coefficient (Wildman–Crippen LogP) is 2.24. The lowest BCUT2D eigenvalue weighted by atomic mass is 10.2. The highest BCUT2D eigenvalue weighted by Crippen LogP contribution is 2.20. The van der Waals surface area contributed by atoms with Crippen molar-refractivity contribution >= 4 is 37.4 Å². The number of halogens is 2. The highest BCUT2D eigenvalue weighted by Gasteiger charge is 2.03. The molecule has 0 aliphatic rings. The van der Waals surface area contributed by atoms with E-state index in [0.717, 1.165) is 10.0 Å². The van der Waals surface area contributed by atoms with E-state index in [1.165, 1.54) is 6.26 Å². The summed E-state index contributed by atoms with van der Waals surface area (Å²) < 4.78 is 22.7. The van der Waals surface area contributed by atoms with Gasteiger partial charge >= 0.3 is 0 Å². The van der Waals surface area contributed by atoms with Gasteiger partial charge in [-0.2, -0.15) is 0 Å². The molecule has 1 aromatic carbocycles. The number of rotatable bonds is 5. The lowest BCUT2D eigenvalue weighted by molar-refractivity contribution is 0.596. The van der Waals surface area contributed by atoms with Gasteiger partial charge in [-0.25, -0.2) is 8.42 Å². The summed E-state index contributed by atoms with van der Waals surface area (Å²) in [6, 6.07) is 5.62. The molecule has 0 saturated carbocycles. The minimum absolute atomic E-state index is 0.140. The SMILES string of the molecule is CS(=O)(=O)CCNCc1ccc(Br)cc1Cl. The first-order chi connectivity index (χ1) is 7.38. The zero-order chi connectivity index (χ0) is 12.2. The first-order valence-corrected chi connectivity index (χ1v) is 7.94. The first kappa shape index (κ1) is 14.0. The van der Waals surface area contributed by atoms with Crippen molar-refractivity contribution in [2.75, 3.05) is 18.6 Å². The van der Waals surface area contributed by atoms with Crippen LogP contribution in [-0.4, -0.2) is 27.0 Å². The van der Waals surface area contributed by atoms with Crippen LogP contribution >= 0.6 is 27.5 Å². The molecular weight excluding hydrogens is 314 g/mol. The van der Waals surface area contributed by atoms with E-state index in [0.29, 0.717) is 18.1 Å². The van der Waals surface area contributed by atoms with E-state index < -0.39 is 9.84 Å². The van der Waals surface area contributed by atoms with Crippen molar-refractivity contribution in [2.24, 2.45) is 0 Å². The van der Waals surface area contributed by atoms with Crippen LogP contribution in [0.3, 0.4) is 0 Å². The van der Waals surface area contributed by atoms with E-state index in [1.54, 1.807) is 0 Å². The number of nitrogens with one attached hydrogen (secondary N) is 1. The van der Waals surface area contributed by atoms with E-state index in [1.807, 2.05) is 18.2 Å². The maximum atomic E-state index is 10.9.